The molecule has 0 saturated heterocycles. The number of allylic oxidation sites excluding steroid dienone is 1. The number of methoxy groups -OCH3 is 1. The van der Waals surface area contributed by atoms with Crippen LogP contribution in [0.4, 0.5) is 14.9 Å². The van der Waals surface area contributed by atoms with Gasteiger partial charge in [-0.1, -0.05) is 24.3 Å². The Kier molecular flexibility index (Phi) is 6.12. The number of aliphatic imine (C=N–C) groups is 1. The van der Waals surface area contributed by atoms with E-state index in [2.05, 4.69) is 10.3 Å². The Bertz CT molecular complexity index is 1220. The van der Waals surface area contributed by atoms with Gasteiger partial charge in [0.15, 0.2) is 12.5 Å². The first-order valence-electron chi connectivity index (χ1n) is 10.3. The zero-order valence-corrected chi connectivity index (χ0v) is 18.1. The Hall–Kier alpha value is -4.14. The molecule has 0 spiro atoms. The molecule has 33 heavy (non-hydrogen) atoms. The second-order valence-electron chi connectivity index (χ2n) is 7.65. The molecule has 0 radical (unpaired) electrons. The van der Waals surface area contributed by atoms with Crippen LogP contribution in [0.3, 0.4) is 0 Å². The summed E-state index contributed by atoms with van der Waals surface area (Å²) in [5.41, 5.74) is 1.45. The molecule has 0 saturated carbocycles. The molecular formula is C24H22FN4O4+. The van der Waals surface area contributed by atoms with Crippen LogP contribution in [0.1, 0.15) is 11.1 Å². The van der Waals surface area contributed by atoms with Crippen molar-refractivity contribution >= 4 is 35.6 Å². The number of aryl methyl sites for hydroxylation is 1. The Morgan fingerprint density at radius 2 is 1.97 bits per heavy atom. The lowest BCUT2D eigenvalue weighted by atomic mass is 10.0. The molecule has 4 rings (SSSR count). The molecule has 2 aromatic rings. The number of imide groups is 1. The van der Waals surface area contributed by atoms with Crippen LogP contribution in [0, 0.1) is 18.7 Å². The Balaban J connectivity index is 1.59. The fourth-order valence-corrected chi connectivity index (χ4v) is 3.61. The van der Waals surface area contributed by atoms with Crippen molar-refractivity contribution in [3.8, 4) is 5.75 Å². The van der Waals surface area contributed by atoms with Gasteiger partial charge in [-0.2, -0.15) is 9.48 Å². The van der Waals surface area contributed by atoms with Crippen molar-refractivity contribution < 1.29 is 28.1 Å². The standard InChI is InChI=1S/C24H21FN4O4/c1-15-5-8-17(12-20(15)25)27-21(30)14-28-22-19(4-3-11-26-22)23(31)29(24(28)32)13-16-6-9-18(33-2)10-7-16/h3-12,19H,13-14H2,1-2H3/p+1. The third-order valence-corrected chi connectivity index (χ3v) is 5.40. The number of amidine groups is 1. The summed E-state index contributed by atoms with van der Waals surface area (Å²) >= 11 is 0. The number of urea groups is 1. The summed E-state index contributed by atoms with van der Waals surface area (Å²) in [6.07, 6.45) is 4.73. The van der Waals surface area contributed by atoms with Gasteiger partial charge in [0.1, 0.15) is 24.3 Å². The zero-order valence-electron chi connectivity index (χ0n) is 18.1. The number of rotatable bonds is 6. The number of amides is 4. The monoisotopic (exact) mass is 449 g/mol. The van der Waals surface area contributed by atoms with Gasteiger partial charge < -0.3 is 10.1 Å². The number of ether oxygens (including phenoxy) is 1. The minimum atomic E-state index is -0.782. The van der Waals surface area contributed by atoms with Gasteiger partial charge in [-0.3, -0.25) is 9.59 Å². The molecule has 1 atom stereocenters. The minimum Gasteiger partial charge on any atom is -0.497 e. The largest absolute Gasteiger partial charge is 0.497 e. The molecule has 2 aliphatic heterocycles. The maximum absolute atomic E-state index is 13.8. The van der Waals surface area contributed by atoms with E-state index in [-0.39, 0.29) is 24.6 Å². The molecule has 8 nitrogen and oxygen atoms in total. The van der Waals surface area contributed by atoms with Gasteiger partial charge in [-0.15, -0.1) is 4.99 Å². The second kappa shape index (κ2) is 9.15. The van der Waals surface area contributed by atoms with E-state index < -0.39 is 29.6 Å². The normalized spacial score (nSPS) is 17.3. The molecule has 168 valence electrons. The topological polar surface area (TPSA) is 91.1 Å². The molecule has 0 fully saturated rings. The lowest BCUT2D eigenvalue weighted by Gasteiger charge is -2.27. The van der Waals surface area contributed by atoms with Crippen LogP contribution in [0.25, 0.3) is 0 Å². The smallest absolute Gasteiger partial charge is 0.446 e. The van der Waals surface area contributed by atoms with Gasteiger partial charge in [0.25, 0.3) is 11.7 Å². The number of carbonyl (C=O) groups excluding carboxylic acids is 3. The van der Waals surface area contributed by atoms with E-state index in [0.29, 0.717) is 11.3 Å². The number of fused-ring (bicyclic) bond motifs is 1. The van der Waals surface area contributed by atoms with Crippen LogP contribution in [-0.4, -0.2) is 53.0 Å². The average Bonchev–Trinajstić information content (AvgIpc) is 2.82. The van der Waals surface area contributed by atoms with Crippen LogP contribution in [-0.2, 0) is 16.1 Å². The highest BCUT2D eigenvalue weighted by Gasteiger charge is 2.47. The Morgan fingerprint density at radius 1 is 1.21 bits per heavy atom. The van der Waals surface area contributed by atoms with Crippen LogP contribution in [0.15, 0.2) is 59.6 Å². The molecule has 9 heteroatoms. The van der Waals surface area contributed by atoms with E-state index in [4.69, 9.17) is 4.74 Å². The van der Waals surface area contributed by atoms with Crippen molar-refractivity contribution in [2.75, 3.05) is 19.0 Å². The van der Waals surface area contributed by atoms with E-state index >= 15 is 0 Å². The van der Waals surface area contributed by atoms with Gasteiger partial charge in [0.05, 0.1) is 7.11 Å². The molecule has 0 aliphatic carbocycles. The number of anilines is 1. The SMILES string of the molecule is COc1ccc(CN2C(=O)C3C=CC=NC3=[N+](CC(=O)Nc3ccc(C)c(F)c3)C2=O)cc1. The summed E-state index contributed by atoms with van der Waals surface area (Å²) in [6, 6.07) is 10.7. The van der Waals surface area contributed by atoms with E-state index in [9.17, 15) is 18.8 Å². The predicted molar refractivity (Wildman–Crippen MR) is 120 cm³/mol. The first-order valence-corrected chi connectivity index (χ1v) is 10.3. The summed E-state index contributed by atoms with van der Waals surface area (Å²) in [4.78, 5) is 44.3. The zero-order chi connectivity index (χ0) is 23.5. The fourth-order valence-electron chi connectivity index (χ4n) is 3.61. The van der Waals surface area contributed by atoms with Gasteiger partial charge in [0.2, 0.25) is 0 Å². The highest BCUT2D eigenvalue weighted by Crippen LogP contribution is 2.22. The van der Waals surface area contributed by atoms with Crippen LogP contribution in [0.5, 0.6) is 5.75 Å². The number of nitrogens with zero attached hydrogens (tertiary/aromatic N) is 3. The van der Waals surface area contributed by atoms with E-state index in [1.54, 1.807) is 62.6 Å². The summed E-state index contributed by atoms with van der Waals surface area (Å²) in [6.45, 7) is 1.27. The summed E-state index contributed by atoms with van der Waals surface area (Å²) in [7, 11) is 1.55. The molecule has 0 bridgehead atoms. The van der Waals surface area contributed by atoms with E-state index in [0.717, 1.165) is 10.5 Å². The van der Waals surface area contributed by atoms with Crippen molar-refractivity contribution in [1.29, 1.82) is 0 Å². The maximum atomic E-state index is 13.8. The summed E-state index contributed by atoms with van der Waals surface area (Å²) < 4.78 is 20.1. The number of carbonyl (C=O) groups is 3. The third-order valence-electron chi connectivity index (χ3n) is 5.40. The van der Waals surface area contributed by atoms with Gasteiger partial charge in [-0.05, 0) is 48.4 Å². The number of dihydropyridines is 1. The fraction of sp³-hybridized carbons (Fsp3) is 0.208. The molecule has 1 N–H and O–H groups in total. The molecule has 2 aliphatic rings. The number of halogens is 1. The molecule has 2 aromatic carbocycles. The van der Waals surface area contributed by atoms with Crippen molar-refractivity contribution in [2.45, 2.75) is 13.5 Å². The predicted octanol–water partition coefficient (Wildman–Crippen LogP) is 2.91. The summed E-state index contributed by atoms with van der Waals surface area (Å²) in [5.74, 6) is -1.35. The van der Waals surface area contributed by atoms with Crippen molar-refractivity contribution in [1.82, 2.24) is 4.90 Å². The van der Waals surface area contributed by atoms with E-state index in [1.165, 1.54) is 16.9 Å². The quantitative estimate of drug-likeness (QED) is 0.687. The third kappa shape index (κ3) is 4.57. The molecule has 0 aromatic heterocycles. The van der Waals surface area contributed by atoms with Gasteiger partial charge in [0, 0.05) is 5.69 Å². The highest BCUT2D eigenvalue weighted by atomic mass is 19.1. The highest BCUT2D eigenvalue weighted by molar-refractivity contribution is 6.15. The number of benzene rings is 2. The van der Waals surface area contributed by atoms with Crippen LogP contribution in [0.2, 0.25) is 0 Å². The van der Waals surface area contributed by atoms with Crippen molar-refractivity contribution in [2.24, 2.45) is 10.9 Å². The molecule has 1 unspecified atom stereocenters. The van der Waals surface area contributed by atoms with Crippen molar-refractivity contribution in [3.05, 3.63) is 71.6 Å². The van der Waals surface area contributed by atoms with Gasteiger partial charge >= 0.3 is 11.9 Å². The van der Waals surface area contributed by atoms with Gasteiger partial charge in [-0.25, -0.2) is 9.18 Å². The van der Waals surface area contributed by atoms with Crippen molar-refractivity contribution in [3.63, 3.8) is 0 Å². The molecule has 2 heterocycles. The second-order valence-corrected chi connectivity index (χ2v) is 7.65. The maximum Gasteiger partial charge on any atom is 0.446 e. The molecular weight excluding hydrogens is 427 g/mol. The minimum absolute atomic E-state index is 0.0320. The number of nitrogens with one attached hydrogen (secondary N) is 1. The first-order chi connectivity index (χ1) is 15.9. The number of hydrogen-bond donors (Lipinski definition) is 1. The average molecular weight is 449 g/mol. The first kappa shape index (κ1) is 22.1. The number of hydrogen-bond acceptors (Lipinski definition) is 5. The van der Waals surface area contributed by atoms with Crippen LogP contribution >= 0.6 is 0 Å². The molecule has 4 amide bonds. The van der Waals surface area contributed by atoms with E-state index in [1.807, 2.05) is 0 Å². The lowest BCUT2D eigenvalue weighted by Crippen LogP contribution is -2.55. The Labute approximate surface area is 189 Å². The van der Waals surface area contributed by atoms with Crippen LogP contribution < -0.4 is 10.1 Å². The lowest BCUT2D eigenvalue weighted by molar-refractivity contribution is -0.429. The Morgan fingerprint density at radius 3 is 2.67 bits per heavy atom. The summed E-state index contributed by atoms with van der Waals surface area (Å²) in [5, 5.41) is 2.59.